The van der Waals surface area contributed by atoms with Crippen molar-refractivity contribution in [3.05, 3.63) is 17.5 Å². The Hall–Kier alpha value is -1.82. The van der Waals surface area contributed by atoms with E-state index in [4.69, 9.17) is 4.52 Å². The quantitative estimate of drug-likeness (QED) is 0.534. The van der Waals surface area contributed by atoms with Gasteiger partial charge in [0.05, 0.1) is 12.2 Å². The zero-order valence-corrected chi connectivity index (χ0v) is 16.9. The molecule has 0 aliphatic carbocycles. The minimum atomic E-state index is -5.25. The maximum atomic E-state index is 12.6. The summed E-state index contributed by atoms with van der Waals surface area (Å²) in [5.41, 5.74) is -4.39. The van der Waals surface area contributed by atoms with Crippen LogP contribution >= 0.6 is 0 Å². The van der Waals surface area contributed by atoms with Gasteiger partial charge in [-0.2, -0.15) is 17.5 Å². The highest BCUT2D eigenvalue weighted by Crippen LogP contribution is 2.30. The number of aromatic nitrogens is 1. The first kappa shape index (κ1) is 22.5. The number of aliphatic imine (C=N–C) groups is 1. The standard InChI is InChI=1S/C16H26F3N5O3S/c1-11(2)14-8-13(27-23-14)10-22-15(20-3)21-9-12-4-6-24(7-5-12)28(25,26)16(17,18)19/h8,11-12H,4-7,9-10H2,1-3H3,(H2,20,21,22). The van der Waals surface area contributed by atoms with Gasteiger partial charge in [-0.1, -0.05) is 19.0 Å². The van der Waals surface area contributed by atoms with Crippen LogP contribution in [0.2, 0.25) is 0 Å². The first-order chi connectivity index (χ1) is 13.0. The molecule has 0 atom stereocenters. The zero-order valence-electron chi connectivity index (χ0n) is 16.1. The lowest BCUT2D eigenvalue weighted by Gasteiger charge is -2.31. The topological polar surface area (TPSA) is 99.8 Å². The van der Waals surface area contributed by atoms with E-state index >= 15 is 0 Å². The summed E-state index contributed by atoms with van der Waals surface area (Å²) in [7, 11) is -3.64. The highest BCUT2D eigenvalue weighted by molar-refractivity contribution is 7.90. The third-order valence-electron chi connectivity index (χ3n) is 4.59. The van der Waals surface area contributed by atoms with Gasteiger partial charge in [-0.05, 0) is 24.7 Å². The largest absolute Gasteiger partial charge is 0.511 e. The number of alkyl halides is 3. The van der Waals surface area contributed by atoms with Crippen LogP contribution in [0.25, 0.3) is 0 Å². The van der Waals surface area contributed by atoms with Gasteiger partial charge < -0.3 is 15.2 Å². The summed E-state index contributed by atoms with van der Waals surface area (Å²) in [5, 5.41) is 10.2. The Balaban J connectivity index is 1.77. The van der Waals surface area contributed by atoms with Gasteiger partial charge in [0.15, 0.2) is 11.7 Å². The Bertz CT molecular complexity index is 769. The van der Waals surface area contributed by atoms with Crippen molar-refractivity contribution in [3.63, 3.8) is 0 Å². The van der Waals surface area contributed by atoms with Crippen molar-refractivity contribution < 1.29 is 26.1 Å². The van der Waals surface area contributed by atoms with Crippen LogP contribution in [0.5, 0.6) is 0 Å². The summed E-state index contributed by atoms with van der Waals surface area (Å²) in [4.78, 5) is 4.09. The third-order valence-corrected chi connectivity index (χ3v) is 6.22. The smallest absolute Gasteiger partial charge is 0.359 e. The second-order valence-electron chi connectivity index (χ2n) is 6.97. The van der Waals surface area contributed by atoms with Crippen LogP contribution in [0.4, 0.5) is 13.2 Å². The maximum Gasteiger partial charge on any atom is 0.511 e. The van der Waals surface area contributed by atoms with Gasteiger partial charge in [-0.3, -0.25) is 4.99 Å². The van der Waals surface area contributed by atoms with Gasteiger partial charge in [0.2, 0.25) is 0 Å². The second kappa shape index (κ2) is 9.12. The SMILES string of the molecule is CN=C(NCc1cc(C(C)C)no1)NCC1CCN(S(=O)(=O)C(F)(F)F)CC1. The van der Waals surface area contributed by atoms with E-state index in [-0.39, 0.29) is 24.9 Å². The molecular weight excluding hydrogens is 399 g/mol. The maximum absolute atomic E-state index is 12.6. The molecule has 0 spiro atoms. The molecule has 0 bridgehead atoms. The van der Waals surface area contributed by atoms with E-state index in [2.05, 4.69) is 20.8 Å². The van der Waals surface area contributed by atoms with Crippen LogP contribution in [0.3, 0.4) is 0 Å². The van der Waals surface area contributed by atoms with Crippen molar-refractivity contribution in [1.29, 1.82) is 0 Å². The van der Waals surface area contributed by atoms with E-state index in [9.17, 15) is 21.6 Å². The Morgan fingerprint density at radius 3 is 2.50 bits per heavy atom. The van der Waals surface area contributed by atoms with Gasteiger partial charge in [0.25, 0.3) is 0 Å². The molecule has 0 amide bonds. The molecule has 1 aromatic heterocycles. The minimum Gasteiger partial charge on any atom is -0.359 e. The summed E-state index contributed by atoms with van der Waals surface area (Å²) in [6.45, 7) is 4.61. The molecule has 8 nitrogen and oxygen atoms in total. The molecule has 1 aromatic rings. The average Bonchev–Trinajstić information content (AvgIpc) is 3.10. The second-order valence-corrected chi connectivity index (χ2v) is 8.90. The number of nitrogens with zero attached hydrogens (tertiary/aromatic N) is 3. The monoisotopic (exact) mass is 425 g/mol. The van der Waals surface area contributed by atoms with Gasteiger partial charge in [-0.15, -0.1) is 0 Å². The Labute approximate surface area is 162 Å². The van der Waals surface area contributed by atoms with Crippen LogP contribution in [-0.2, 0) is 16.6 Å². The molecule has 2 heterocycles. The molecule has 12 heteroatoms. The van der Waals surface area contributed by atoms with E-state index in [0.717, 1.165) is 5.69 Å². The van der Waals surface area contributed by atoms with E-state index in [1.165, 1.54) is 0 Å². The van der Waals surface area contributed by atoms with Gasteiger partial charge >= 0.3 is 15.5 Å². The first-order valence-electron chi connectivity index (χ1n) is 9.01. The number of guanidine groups is 1. The number of halogens is 3. The summed E-state index contributed by atoms with van der Waals surface area (Å²) >= 11 is 0. The highest BCUT2D eigenvalue weighted by atomic mass is 32.2. The van der Waals surface area contributed by atoms with Crippen molar-refractivity contribution in [2.75, 3.05) is 26.7 Å². The fraction of sp³-hybridized carbons (Fsp3) is 0.750. The van der Waals surface area contributed by atoms with E-state index in [0.29, 0.717) is 42.0 Å². The van der Waals surface area contributed by atoms with Crippen molar-refractivity contribution in [2.45, 2.75) is 44.7 Å². The highest BCUT2D eigenvalue weighted by Gasteiger charge is 2.50. The van der Waals surface area contributed by atoms with Crippen LogP contribution in [0, 0.1) is 5.92 Å². The van der Waals surface area contributed by atoms with Crippen LogP contribution in [0.15, 0.2) is 15.6 Å². The molecule has 0 saturated carbocycles. The molecule has 2 N–H and O–H groups in total. The van der Waals surface area contributed by atoms with Crippen molar-refractivity contribution >= 4 is 16.0 Å². The summed E-state index contributed by atoms with van der Waals surface area (Å²) in [5.74, 6) is 1.50. The lowest BCUT2D eigenvalue weighted by molar-refractivity contribution is -0.0496. The summed E-state index contributed by atoms with van der Waals surface area (Å²) in [6, 6.07) is 1.86. The number of nitrogens with one attached hydrogen (secondary N) is 2. The molecule has 1 aliphatic rings. The fourth-order valence-electron chi connectivity index (χ4n) is 2.82. The van der Waals surface area contributed by atoms with Crippen molar-refractivity contribution in [3.8, 4) is 0 Å². The minimum absolute atomic E-state index is 0.0519. The Morgan fingerprint density at radius 2 is 2.00 bits per heavy atom. The first-order valence-corrected chi connectivity index (χ1v) is 10.4. The summed E-state index contributed by atoms with van der Waals surface area (Å²) in [6.07, 6.45) is 0.693. The molecule has 28 heavy (non-hydrogen) atoms. The molecule has 0 radical (unpaired) electrons. The van der Waals surface area contributed by atoms with Crippen molar-refractivity contribution in [1.82, 2.24) is 20.1 Å². The fourth-order valence-corrected chi connectivity index (χ4v) is 3.80. The van der Waals surface area contributed by atoms with Crippen LogP contribution in [0.1, 0.15) is 44.1 Å². The molecule has 0 aromatic carbocycles. The van der Waals surface area contributed by atoms with Gasteiger partial charge in [0, 0.05) is 32.7 Å². The third kappa shape index (κ3) is 5.60. The Morgan fingerprint density at radius 1 is 1.36 bits per heavy atom. The molecular formula is C16H26F3N5O3S. The van der Waals surface area contributed by atoms with E-state index in [1.54, 1.807) is 7.05 Å². The number of sulfonamides is 1. The average molecular weight is 425 g/mol. The summed E-state index contributed by atoms with van der Waals surface area (Å²) < 4.78 is 66.4. The number of hydrogen-bond acceptors (Lipinski definition) is 5. The molecule has 160 valence electrons. The number of piperidine rings is 1. The zero-order chi connectivity index (χ0) is 20.9. The molecule has 2 rings (SSSR count). The van der Waals surface area contributed by atoms with Crippen LogP contribution < -0.4 is 10.6 Å². The molecule has 1 saturated heterocycles. The predicted molar refractivity (Wildman–Crippen MR) is 98.1 cm³/mol. The number of hydrogen-bond donors (Lipinski definition) is 2. The Kier molecular flexibility index (Phi) is 7.32. The predicted octanol–water partition coefficient (Wildman–Crippen LogP) is 2.02. The molecule has 1 fully saturated rings. The van der Waals surface area contributed by atoms with E-state index in [1.807, 2.05) is 19.9 Å². The van der Waals surface area contributed by atoms with Crippen LogP contribution in [-0.4, -0.2) is 56.0 Å². The lowest BCUT2D eigenvalue weighted by Crippen LogP contribution is -2.47. The van der Waals surface area contributed by atoms with E-state index < -0.39 is 15.5 Å². The molecule has 0 unspecified atom stereocenters. The number of rotatable bonds is 6. The van der Waals surface area contributed by atoms with Gasteiger partial charge in [-0.25, -0.2) is 8.42 Å². The molecule has 1 aliphatic heterocycles. The normalized spacial score (nSPS) is 17.9. The lowest BCUT2D eigenvalue weighted by atomic mass is 9.98. The van der Waals surface area contributed by atoms with Gasteiger partial charge in [0.1, 0.15) is 0 Å². The van der Waals surface area contributed by atoms with Crippen molar-refractivity contribution in [2.24, 2.45) is 10.9 Å².